The first-order chi connectivity index (χ1) is 15.1. The van der Waals surface area contributed by atoms with Crippen molar-refractivity contribution in [3.05, 3.63) is 58.9 Å². The zero-order chi connectivity index (χ0) is 23.5. The van der Waals surface area contributed by atoms with E-state index in [4.69, 9.17) is 9.47 Å². The van der Waals surface area contributed by atoms with Crippen molar-refractivity contribution in [3.8, 4) is 0 Å². The maximum atomic E-state index is 13.6. The van der Waals surface area contributed by atoms with Crippen molar-refractivity contribution >= 4 is 27.6 Å². The van der Waals surface area contributed by atoms with Gasteiger partial charge in [0.15, 0.2) is 24.1 Å². The van der Waals surface area contributed by atoms with Gasteiger partial charge in [-0.2, -0.15) is 4.31 Å². The van der Waals surface area contributed by atoms with E-state index in [0.29, 0.717) is 11.6 Å². The second-order valence-electron chi connectivity index (χ2n) is 6.84. The number of nitrogens with zero attached hydrogens (tertiary/aromatic N) is 1. The summed E-state index contributed by atoms with van der Waals surface area (Å²) >= 11 is 0. The summed E-state index contributed by atoms with van der Waals surface area (Å²) in [7, 11) is -3.86. The number of benzene rings is 2. The Morgan fingerprint density at radius 1 is 1.09 bits per heavy atom. The van der Waals surface area contributed by atoms with E-state index in [2.05, 4.69) is 0 Å². The minimum atomic E-state index is -3.86. The second-order valence-corrected chi connectivity index (χ2v) is 8.78. The van der Waals surface area contributed by atoms with E-state index in [0.717, 1.165) is 12.1 Å². The Balaban J connectivity index is 1.69. The molecule has 0 radical (unpaired) electrons. The number of carbonyl (C=O) groups is 2. The van der Waals surface area contributed by atoms with Crippen molar-refractivity contribution in [2.24, 2.45) is 0 Å². The summed E-state index contributed by atoms with van der Waals surface area (Å²) in [4.78, 5) is 24.2. The van der Waals surface area contributed by atoms with E-state index in [9.17, 15) is 31.2 Å². The summed E-state index contributed by atoms with van der Waals surface area (Å²) in [6.45, 7) is 1.56. The highest BCUT2D eigenvalue weighted by molar-refractivity contribution is 7.89. The van der Waals surface area contributed by atoms with Gasteiger partial charge in [0.1, 0.15) is 0 Å². The highest BCUT2D eigenvalue weighted by atomic mass is 32.2. The lowest BCUT2D eigenvalue weighted by Crippen LogP contribution is -2.40. The third kappa shape index (κ3) is 5.09. The summed E-state index contributed by atoms with van der Waals surface area (Å²) in [6, 6.07) is 5.38. The maximum Gasteiger partial charge on any atom is 0.338 e. The number of hydrogen-bond acceptors (Lipinski definition) is 6. The minimum absolute atomic E-state index is 0.0776. The van der Waals surface area contributed by atoms with Crippen LogP contribution in [0.5, 0.6) is 0 Å². The van der Waals surface area contributed by atoms with Crippen LogP contribution < -0.4 is 5.32 Å². The van der Waals surface area contributed by atoms with Gasteiger partial charge in [0, 0.05) is 13.1 Å². The Morgan fingerprint density at radius 2 is 1.78 bits per heavy atom. The molecule has 0 unspecified atom stereocenters. The number of aryl methyl sites for hydroxylation is 1. The molecule has 1 saturated heterocycles. The van der Waals surface area contributed by atoms with Gasteiger partial charge >= 0.3 is 5.97 Å². The van der Waals surface area contributed by atoms with E-state index in [1.807, 2.05) is 5.32 Å². The fraction of sp³-hybridized carbons (Fsp3) is 0.300. The standard InChI is InChI=1S/C20H19F3N2O6S/c1-12-2-3-13(32(28,29)25-6-8-30-9-7-25)10-14(12)20(27)31-11-17(26)24-16-5-4-15(21)18(22)19(16)23/h2-5,10H,6-9,11H2,1H3,(H,24,26). The number of ether oxygens (including phenoxy) is 2. The van der Waals surface area contributed by atoms with E-state index < -0.39 is 51.6 Å². The molecular weight excluding hydrogens is 453 g/mol. The molecule has 3 rings (SSSR count). The van der Waals surface area contributed by atoms with Crippen LogP contribution in [0.1, 0.15) is 15.9 Å². The average molecular weight is 472 g/mol. The van der Waals surface area contributed by atoms with Crippen molar-refractivity contribution in [1.82, 2.24) is 4.31 Å². The first-order valence-corrected chi connectivity index (χ1v) is 10.8. The lowest BCUT2D eigenvalue weighted by molar-refractivity contribution is -0.119. The molecule has 1 heterocycles. The number of amides is 1. The number of esters is 1. The molecule has 1 aliphatic heterocycles. The van der Waals surface area contributed by atoms with Crippen LogP contribution in [0, 0.1) is 24.4 Å². The monoisotopic (exact) mass is 472 g/mol. The molecule has 0 aliphatic carbocycles. The van der Waals surface area contributed by atoms with Crippen molar-refractivity contribution in [2.45, 2.75) is 11.8 Å². The normalized spacial score (nSPS) is 14.8. The molecule has 0 bridgehead atoms. The van der Waals surface area contributed by atoms with Crippen LogP contribution >= 0.6 is 0 Å². The number of hydrogen-bond donors (Lipinski definition) is 1. The average Bonchev–Trinajstić information content (AvgIpc) is 2.78. The van der Waals surface area contributed by atoms with Gasteiger partial charge < -0.3 is 14.8 Å². The molecule has 0 spiro atoms. The van der Waals surface area contributed by atoms with Crippen molar-refractivity contribution < 1.29 is 40.7 Å². The zero-order valence-electron chi connectivity index (χ0n) is 16.9. The minimum Gasteiger partial charge on any atom is -0.452 e. The molecule has 32 heavy (non-hydrogen) atoms. The van der Waals surface area contributed by atoms with E-state index in [1.165, 1.54) is 16.4 Å². The molecule has 12 heteroatoms. The van der Waals surface area contributed by atoms with Gasteiger partial charge in [-0.25, -0.2) is 26.4 Å². The molecule has 1 amide bonds. The Hall–Kier alpha value is -2.96. The quantitative estimate of drug-likeness (QED) is 0.511. The molecular formula is C20H19F3N2O6S. The molecule has 1 fully saturated rings. The maximum absolute atomic E-state index is 13.6. The fourth-order valence-corrected chi connectivity index (χ4v) is 4.37. The molecule has 2 aromatic rings. The highest BCUT2D eigenvalue weighted by Crippen LogP contribution is 2.22. The Kier molecular flexibility index (Phi) is 7.16. The van der Waals surface area contributed by atoms with Gasteiger partial charge in [0.05, 0.1) is 29.4 Å². The number of morpholine rings is 1. The number of sulfonamides is 1. The summed E-state index contributed by atoms with van der Waals surface area (Å²) < 4.78 is 76.7. The largest absolute Gasteiger partial charge is 0.452 e. The molecule has 1 N–H and O–H groups in total. The van der Waals surface area contributed by atoms with E-state index in [1.54, 1.807) is 6.92 Å². The number of rotatable bonds is 6. The molecule has 0 atom stereocenters. The number of carbonyl (C=O) groups excluding carboxylic acids is 2. The third-order valence-corrected chi connectivity index (χ3v) is 6.58. The molecule has 0 aromatic heterocycles. The molecule has 1 aliphatic rings. The Labute approximate surface area is 182 Å². The lowest BCUT2D eigenvalue weighted by Gasteiger charge is -2.26. The lowest BCUT2D eigenvalue weighted by atomic mass is 10.1. The van der Waals surface area contributed by atoms with Crippen molar-refractivity contribution in [2.75, 3.05) is 38.2 Å². The summed E-state index contributed by atoms with van der Waals surface area (Å²) in [5.74, 6) is -6.76. The first-order valence-electron chi connectivity index (χ1n) is 9.40. The van der Waals surface area contributed by atoms with Gasteiger partial charge in [-0.05, 0) is 36.8 Å². The van der Waals surface area contributed by atoms with Crippen LogP contribution in [0.3, 0.4) is 0 Å². The van der Waals surface area contributed by atoms with Crippen LogP contribution in [0.2, 0.25) is 0 Å². The van der Waals surface area contributed by atoms with E-state index >= 15 is 0 Å². The van der Waals surface area contributed by atoms with Crippen LogP contribution in [0.15, 0.2) is 35.2 Å². The number of halogens is 3. The highest BCUT2D eigenvalue weighted by Gasteiger charge is 2.28. The molecule has 2 aromatic carbocycles. The van der Waals surface area contributed by atoms with Gasteiger partial charge in [0.2, 0.25) is 10.0 Å². The predicted molar refractivity (Wildman–Crippen MR) is 106 cm³/mol. The van der Waals surface area contributed by atoms with E-state index in [-0.39, 0.29) is 36.8 Å². The topological polar surface area (TPSA) is 102 Å². The summed E-state index contributed by atoms with van der Waals surface area (Å²) in [6.07, 6.45) is 0. The predicted octanol–water partition coefficient (Wildman–Crippen LogP) is 2.23. The summed E-state index contributed by atoms with van der Waals surface area (Å²) in [5.41, 5.74) is -0.297. The van der Waals surface area contributed by atoms with Gasteiger partial charge in [-0.1, -0.05) is 6.07 Å². The van der Waals surface area contributed by atoms with Crippen molar-refractivity contribution in [3.63, 3.8) is 0 Å². The molecule has 0 saturated carbocycles. The third-order valence-electron chi connectivity index (χ3n) is 4.68. The van der Waals surface area contributed by atoms with Crippen molar-refractivity contribution in [1.29, 1.82) is 0 Å². The van der Waals surface area contributed by atoms with Gasteiger partial charge in [-0.15, -0.1) is 0 Å². The summed E-state index contributed by atoms with van der Waals surface area (Å²) in [5, 5.41) is 1.97. The molecule has 8 nitrogen and oxygen atoms in total. The van der Waals surface area contributed by atoms with Gasteiger partial charge in [0.25, 0.3) is 5.91 Å². The van der Waals surface area contributed by atoms with Crippen LogP contribution in [-0.2, 0) is 24.3 Å². The molecule has 172 valence electrons. The second kappa shape index (κ2) is 9.67. The first kappa shape index (κ1) is 23.7. The smallest absolute Gasteiger partial charge is 0.338 e. The van der Waals surface area contributed by atoms with Gasteiger partial charge in [-0.3, -0.25) is 4.79 Å². The number of anilines is 1. The SMILES string of the molecule is Cc1ccc(S(=O)(=O)N2CCOCC2)cc1C(=O)OCC(=O)Nc1ccc(F)c(F)c1F. The fourth-order valence-electron chi connectivity index (χ4n) is 2.94. The van der Waals surface area contributed by atoms with Crippen LogP contribution in [-0.4, -0.2) is 57.5 Å². The Bertz CT molecular complexity index is 1150. The van der Waals surface area contributed by atoms with Crippen LogP contribution in [0.4, 0.5) is 18.9 Å². The van der Waals surface area contributed by atoms with Crippen LogP contribution in [0.25, 0.3) is 0 Å². The zero-order valence-corrected chi connectivity index (χ0v) is 17.7. The number of nitrogens with one attached hydrogen (secondary N) is 1. The Morgan fingerprint density at radius 3 is 2.47 bits per heavy atom.